The average Bonchev–Trinajstić information content (AvgIpc) is 3.24. The van der Waals surface area contributed by atoms with Gasteiger partial charge in [0, 0.05) is 52.0 Å². The number of amides is 1. The summed E-state index contributed by atoms with van der Waals surface area (Å²) in [5.74, 6) is -8.96. The highest BCUT2D eigenvalue weighted by Crippen LogP contribution is 2.39. The van der Waals surface area contributed by atoms with Crippen LogP contribution in [0.3, 0.4) is 0 Å². The van der Waals surface area contributed by atoms with Crippen LogP contribution in [0.1, 0.15) is 105 Å². The largest absolute Gasteiger partial charge is 0.479 e. The standard InChI is InChI=1S/C46H72N2O14/c1-10-13-32-19-26(2)18-27(3)20-38(58-8)42-39(59-9)22-29(5)46(56,62-42)43(53)44(54)48-17-12-11-14-34(48)45(55)61-41(28(4)21-31-15-16-35(49)37(23-31)57-7)30(6)36(50)24-33(32)47-60-25-40(51)52/h10,19,21,27,29-32,34-39,41-42,49-50,56H,1,11-18,20,22-25H2,2-9H3,(H,51,52)/b26-19+,28-21+,47-33+/t27-,29+,30+,31-,32+,34-,35+,36-,37+,38-,39-,41+,42+,46+/m0/s1. The van der Waals surface area contributed by atoms with Gasteiger partial charge in [0.15, 0.2) is 0 Å². The van der Waals surface area contributed by atoms with Crippen molar-refractivity contribution >= 4 is 29.3 Å². The number of carbonyl (C=O) groups excluding carboxylic acids is 3. The highest BCUT2D eigenvalue weighted by molar-refractivity contribution is 6.39. The van der Waals surface area contributed by atoms with Gasteiger partial charge >= 0.3 is 11.9 Å². The quantitative estimate of drug-likeness (QED) is 0.103. The maximum Gasteiger partial charge on any atom is 0.344 e. The number of aliphatic hydroxyl groups is 3. The van der Waals surface area contributed by atoms with Gasteiger partial charge in [0.1, 0.15) is 18.2 Å². The number of carboxylic acids is 1. The average molecular weight is 877 g/mol. The third-order valence-corrected chi connectivity index (χ3v) is 13.3. The molecule has 3 heterocycles. The van der Waals surface area contributed by atoms with E-state index in [0.29, 0.717) is 62.7 Å². The summed E-state index contributed by atoms with van der Waals surface area (Å²) >= 11 is 0. The predicted octanol–water partition coefficient (Wildman–Crippen LogP) is 4.53. The number of allylic oxidation sites excluding steroid dienone is 4. The molecule has 350 valence electrons. The molecule has 4 rings (SSSR count). The van der Waals surface area contributed by atoms with Crippen molar-refractivity contribution in [1.29, 1.82) is 0 Å². The number of Topliss-reactive ketones (excluding diaryl/α,β-unsaturated/α-hetero) is 1. The lowest BCUT2D eigenvalue weighted by Crippen LogP contribution is -2.64. The zero-order chi connectivity index (χ0) is 45.9. The van der Waals surface area contributed by atoms with Crippen LogP contribution in [-0.2, 0) is 47.7 Å². The van der Waals surface area contributed by atoms with Gasteiger partial charge < -0.3 is 53.8 Å². The number of rotatable bonds is 10. The fourth-order valence-electron chi connectivity index (χ4n) is 9.72. The van der Waals surface area contributed by atoms with Gasteiger partial charge in [0.05, 0.1) is 36.2 Å². The number of nitrogens with zero attached hydrogens (tertiary/aromatic N) is 2. The SMILES string of the molecule is C=CC[C@@H]1/C=C(\C)C[C@H](C)C[C@H](OC)[C@H]2O[C@@](O)(C(=O)C(=O)N3CCCC[C@H]3C(=O)O[C@H](/C(C)=C/[C@@H]3CC[C@@H](O)[C@H](OC)C3)[C@H](C)[C@@H](O)C/C1=N\OCC(=O)O)[C@H](C)C[C@@H]2OC. The Kier molecular flexibility index (Phi) is 19.3. The maximum atomic E-state index is 14.5. The van der Waals surface area contributed by atoms with Crippen LogP contribution in [0.5, 0.6) is 0 Å². The molecule has 3 fully saturated rings. The summed E-state index contributed by atoms with van der Waals surface area (Å²) in [6, 6.07) is -1.18. The van der Waals surface area contributed by atoms with E-state index in [4.69, 9.17) is 28.5 Å². The van der Waals surface area contributed by atoms with Gasteiger partial charge in [-0.25, -0.2) is 9.59 Å². The van der Waals surface area contributed by atoms with Crippen LogP contribution in [0.25, 0.3) is 0 Å². The third kappa shape index (κ3) is 12.8. The van der Waals surface area contributed by atoms with Crippen molar-refractivity contribution in [2.75, 3.05) is 34.5 Å². The first-order valence-corrected chi connectivity index (χ1v) is 22.2. The van der Waals surface area contributed by atoms with Crippen LogP contribution in [0.15, 0.2) is 41.1 Å². The number of esters is 1. The number of ether oxygens (including phenoxy) is 5. The summed E-state index contributed by atoms with van der Waals surface area (Å²) in [5.41, 5.74) is 1.94. The van der Waals surface area contributed by atoms with Crippen molar-refractivity contribution in [2.24, 2.45) is 34.7 Å². The summed E-state index contributed by atoms with van der Waals surface area (Å²) < 4.78 is 29.9. The van der Waals surface area contributed by atoms with E-state index in [1.807, 2.05) is 26.0 Å². The summed E-state index contributed by atoms with van der Waals surface area (Å²) in [6.45, 7) is 12.4. The number of carbonyl (C=O) groups is 4. The molecule has 3 aliphatic heterocycles. The lowest BCUT2D eigenvalue weighted by atomic mass is 9.81. The van der Waals surface area contributed by atoms with Crippen molar-refractivity contribution in [3.63, 3.8) is 0 Å². The summed E-state index contributed by atoms with van der Waals surface area (Å²) in [5, 5.41) is 48.3. The van der Waals surface area contributed by atoms with Gasteiger partial charge in [0.2, 0.25) is 12.4 Å². The second kappa shape index (κ2) is 23.4. The van der Waals surface area contributed by atoms with E-state index in [1.165, 1.54) is 19.1 Å². The summed E-state index contributed by atoms with van der Waals surface area (Å²) in [4.78, 5) is 61.0. The Labute approximate surface area is 366 Å². The van der Waals surface area contributed by atoms with E-state index in [1.54, 1.807) is 34.0 Å². The van der Waals surface area contributed by atoms with Crippen molar-refractivity contribution in [1.82, 2.24) is 4.90 Å². The number of fused-ring (bicyclic) bond motifs is 3. The van der Waals surface area contributed by atoms with Crippen LogP contribution in [0, 0.1) is 29.6 Å². The Morgan fingerprint density at radius 3 is 2.29 bits per heavy atom. The molecular weight excluding hydrogens is 805 g/mol. The first-order valence-electron chi connectivity index (χ1n) is 22.2. The molecule has 0 radical (unpaired) electrons. The van der Waals surface area contributed by atoms with Crippen LogP contribution in [0.2, 0.25) is 0 Å². The monoisotopic (exact) mass is 876 g/mol. The number of oxime groups is 1. The lowest BCUT2D eigenvalue weighted by Gasteiger charge is -2.47. The molecule has 4 aliphatic rings. The number of piperidine rings is 1. The van der Waals surface area contributed by atoms with Crippen molar-refractivity contribution in [2.45, 2.75) is 160 Å². The topological polar surface area (TPSA) is 220 Å². The molecule has 1 aliphatic carbocycles. The number of methoxy groups -OCH3 is 3. The Balaban J connectivity index is 1.85. The van der Waals surface area contributed by atoms with Gasteiger partial charge in [-0.3, -0.25) is 9.59 Å². The molecule has 0 aromatic heterocycles. The molecule has 1 saturated carbocycles. The van der Waals surface area contributed by atoms with Gasteiger partial charge in [-0.1, -0.05) is 49.7 Å². The third-order valence-electron chi connectivity index (χ3n) is 13.3. The first kappa shape index (κ1) is 51.1. The Morgan fingerprint density at radius 2 is 1.65 bits per heavy atom. The minimum atomic E-state index is -2.54. The van der Waals surface area contributed by atoms with Crippen LogP contribution >= 0.6 is 0 Å². The molecule has 2 bridgehead atoms. The van der Waals surface area contributed by atoms with Gasteiger partial charge in [-0.2, -0.15) is 0 Å². The Hall–Kier alpha value is -3.51. The molecule has 62 heavy (non-hydrogen) atoms. The number of hydrogen-bond acceptors (Lipinski definition) is 14. The van der Waals surface area contributed by atoms with Crippen LogP contribution < -0.4 is 0 Å². The van der Waals surface area contributed by atoms with E-state index >= 15 is 0 Å². The molecule has 2 saturated heterocycles. The van der Waals surface area contributed by atoms with Crippen LogP contribution in [-0.4, -0.2) is 144 Å². The van der Waals surface area contributed by atoms with E-state index in [2.05, 4.69) is 11.7 Å². The number of aliphatic carboxylic acids is 1. The number of aliphatic hydroxyl groups excluding tert-OH is 2. The zero-order valence-electron chi connectivity index (χ0n) is 37.9. The lowest BCUT2D eigenvalue weighted by molar-refractivity contribution is -0.302. The van der Waals surface area contributed by atoms with E-state index in [9.17, 15) is 39.6 Å². The molecule has 16 nitrogen and oxygen atoms in total. The number of carboxylic acid groups (broad SMARTS) is 1. The molecule has 4 N–H and O–H groups in total. The van der Waals surface area contributed by atoms with E-state index < -0.39 is 103 Å². The molecule has 16 heteroatoms. The van der Waals surface area contributed by atoms with E-state index in [-0.39, 0.29) is 37.6 Å². The van der Waals surface area contributed by atoms with E-state index in [0.717, 1.165) is 5.57 Å². The van der Waals surface area contributed by atoms with Gasteiger partial charge in [0.25, 0.3) is 11.7 Å². The van der Waals surface area contributed by atoms with Crippen molar-refractivity contribution in [3.8, 4) is 0 Å². The Bertz CT molecular complexity index is 1650. The van der Waals surface area contributed by atoms with Gasteiger partial charge in [-0.05, 0) is 95.5 Å². The zero-order valence-corrected chi connectivity index (χ0v) is 37.9. The minimum absolute atomic E-state index is 0.0331. The van der Waals surface area contributed by atoms with Crippen LogP contribution in [0.4, 0.5) is 0 Å². The van der Waals surface area contributed by atoms with Crippen molar-refractivity contribution < 1.29 is 68.1 Å². The molecule has 0 unspecified atom stereocenters. The summed E-state index contributed by atoms with van der Waals surface area (Å²) in [6.07, 6.45) is 4.67. The highest BCUT2D eigenvalue weighted by atomic mass is 16.7. The number of ketones is 1. The van der Waals surface area contributed by atoms with Crippen molar-refractivity contribution in [3.05, 3.63) is 36.0 Å². The maximum absolute atomic E-state index is 14.5. The summed E-state index contributed by atoms with van der Waals surface area (Å²) in [7, 11) is 4.58. The molecule has 0 aromatic rings. The number of cyclic esters (lactones) is 1. The highest BCUT2D eigenvalue weighted by Gasteiger charge is 2.56. The number of hydrogen-bond donors (Lipinski definition) is 4. The van der Waals surface area contributed by atoms with Gasteiger partial charge in [-0.15, -0.1) is 6.58 Å². The molecule has 14 atom stereocenters. The second-order valence-corrected chi connectivity index (χ2v) is 18.1. The minimum Gasteiger partial charge on any atom is -0.479 e. The molecular formula is C46H72N2O14. The molecule has 1 amide bonds. The molecule has 0 spiro atoms. The predicted molar refractivity (Wildman–Crippen MR) is 229 cm³/mol. The Morgan fingerprint density at radius 1 is 0.968 bits per heavy atom. The second-order valence-electron chi connectivity index (χ2n) is 18.1. The smallest absolute Gasteiger partial charge is 0.344 e. The fraction of sp³-hybridized carbons (Fsp3) is 0.761. The molecule has 0 aromatic carbocycles. The normalized spacial score (nSPS) is 39.1. The first-order chi connectivity index (χ1) is 29.4. The fourth-order valence-corrected chi connectivity index (χ4v) is 9.72.